The van der Waals surface area contributed by atoms with Crippen LogP contribution in [0.3, 0.4) is 0 Å². The van der Waals surface area contributed by atoms with E-state index >= 15 is 0 Å². The summed E-state index contributed by atoms with van der Waals surface area (Å²) >= 11 is 0. The van der Waals surface area contributed by atoms with Gasteiger partial charge in [0.05, 0.1) is 0 Å². The first-order valence-electron chi connectivity index (χ1n) is 6.99. The van der Waals surface area contributed by atoms with Gasteiger partial charge in [0, 0.05) is 25.2 Å². The summed E-state index contributed by atoms with van der Waals surface area (Å²) in [6, 6.07) is 1.49. The predicted octanol–water partition coefficient (Wildman–Crippen LogP) is 1.15. The molecule has 2 unspecified atom stereocenters. The van der Waals surface area contributed by atoms with Gasteiger partial charge < -0.3 is 10.2 Å². The molecule has 3 nitrogen and oxygen atoms in total. The number of likely N-dealkylation sites (N-methyl/N-ethyl adjacent to an activating group) is 1. The summed E-state index contributed by atoms with van der Waals surface area (Å²) in [6.45, 7) is 12.1. The van der Waals surface area contributed by atoms with Crippen LogP contribution in [-0.4, -0.2) is 61.2 Å². The lowest BCUT2D eigenvalue weighted by Crippen LogP contribution is -2.43. The van der Waals surface area contributed by atoms with Gasteiger partial charge in [-0.2, -0.15) is 0 Å². The van der Waals surface area contributed by atoms with E-state index in [0.29, 0.717) is 6.04 Å². The van der Waals surface area contributed by atoms with Gasteiger partial charge in [-0.25, -0.2) is 0 Å². The van der Waals surface area contributed by atoms with Crippen molar-refractivity contribution in [2.75, 3.05) is 39.3 Å². The summed E-state index contributed by atoms with van der Waals surface area (Å²) in [4.78, 5) is 5.38. The number of nitrogens with one attached hydrogen (secondary N) is 1. The fourth-order valence-corrected chi connectivity index (χ4v) is 3.25. The lowest BCUT2D eigenvalue weighted by molar-refractivity contribution is 0.209. The van der Waals surface area contributed by atoms with Crippen molar-refractivity contribution in [3.8, 4) is 0 Å². The summed E-state index contributed by atoms with van der Waals surface area (Å²) < 4.78 is 0. The number of hydrogen-bond donors (Lipinski definition) is 1. The van der Waals surface area contributed by atoms with Crippen LogP contribution < -0.4 is 5.32 Å². The van der Waals surface area contributed by atoms with Crippen LogP contribution in [0, 0.1) is 0 Å². The van der Waals surface area contributed by atoms with Crippen molar-refractivity contribution in [1.82, 2.24) is 15.1 Å². The summed E-state index contributed by atoms with van der Waals surface area (Å²) in [7, 11) is 0. The van der Waals surface area contributed by atoms with Crippen LogP contribution >= 0.6 is 0 Å². The zero-order valence-corrected chi connectivity index (χ0v) is 10.9. The number of hydrogen-bond acceptors (Lipinski definition) is 3. The van der Waals surface area contributed by atoms with E-state index in [1.807, 2.05) is 0 Å². The molecule has 3 heteroatoms. The molecule has 0 aliphatic carbocycles. The summed E-state index contributed by atoms with van der Waals surface area (Å²) in [5.74, 6) is 0. The van der Waals surface area contributed by atoms with Crippen LogP contribution in [0.4, 0.5) is 0 Å². The van der Waals surface area contributed by atoms with Crippen molar-refractivity contribution in [2.45, 2.75) is 45.2 Å². The highest BCUT2D eigenvalue weighted by Crippen LogP contribution is 2.21. The predicted molar refractivity (Wildman–Crippen MR) is 68.8 cm³/mol. The van der Waals surface area contributed by atoms with Crippen LogP contribution in [0.15, 0.2) is 0 Å². The summed E-state index contributed by atoms with van der Waals surface area (Å²) in [6.07, 6.45) is 4.20. The highest BCUT2D eigenvalue weighted by atomic mass is 15.3. The lowest BCUT2D eigenvalue weighted by atomic mass is 10.2. The molecule has 0 bridgehead atoms. The molecule has 0 aromatic heterocycles. The molecule has 16 heavy (non-hydrogen) atoms. The van der Waals surface area contributed by atoms with Crippen molar-refractivity contribution < 1.29 is 0 Å². The fourth-order valence-electron chi connectivity index (χ4n) is 3.25. The first kappa shape index (κ1) is 12.3. The molecule has 94 valence electrons. The second-order valence-electron chi connectivity index (χ2n) is 5.40. The largest absolute Gasteiger partial charge is 0.313 e. The van der Waals surface area contributed by atoms with Gasteiger partial charge in [0.1, 0.15) is 0 Å². The SMILES string of the molecule is CCNC(C)CN1CCCN2CCCC2C1. The number of fused-ring (bicyclic) bond motifs is 1. The van der Waals surface area contributed by atoms with Gasteiger partial charge in [-0.3, -0.25) is 4.90 Å². The van der Waals surface area contributed by atoms with Crippen molar-refractivity contribution in [1.29, 1.82) is 0 Å². The van der Waals surface area contributed by atoms with Gasteiger partial charge in [-0.05, 0) is 52.4 Å². The zero-order chi connectivity index (χ0) is 11.4. The van der Waals surface area contributed by atoms with Crippen molar-refractivity contribution >= 4 is 0 Å². The first-order valence-corrected chi connectivity index (χ1v) is 6.99. The highest BCUT2D eigenvalue weighted by Gasteiger charge is 2.28. The molecule has 2 fully saturated rings. The van der Waals surface area contributed by atoms with E-state index in [1.54, 1.807) is 0 Å². The Hall–Kier alpha value is -0.120. The topological polar surface area (TPSA) is 18.5 Å². The number of rotatable bonds is 4. The fraction of sp³-hybridized carbons (Fsp3) is 1.00. The Morgan fingerprint density at radius 2 is 2.06 bits per heavy atom. The molecule has 0 radical (unpaired) electrons. The molecule has 0 amide bonds. The van der Waals surface area contributed by atoms with Gasteiger partial charge in [0.2, 0.25) is 0 Å². The molecule has 0 aromatic rings. The zero-order valence-electron chi connectivity index (χ0n) is 10.9. The molecule has 2 atom stereocenters. The van der Waals surface area contributed by atoms with Gasteiger partial charge in [0.15, 0.2) is 0 Å². The van der Waals surface area contributed by atoms with E-state index in [2.05, 4.69) is 29.0 Å². The maximum Gasteiger partial charge on any atom is 0.0223 e. The van der Waals surface area contributed by atoms with Crippen molar-refractivity contribution in [2.24, 2.45) is 0 Å². The molecule has 2 aliphatic heterocycles. The first-order chi connectivity index (χ1) is 7.79. The van der Waals surface area contributed by atoms with Crippen molar-refractivity contribution in [3.05, 3.63) is 0 Å². The minimum Gasteiger partial charge on any atom is -0.313 e. The number of nitrogens with zero attached hydrogens (tertiary/aromatic N) is 2. The normalized spacial score (nSPS) is 30.0. The molecule has 2 aliphatic rings. The van der Waals surface area contributed by atoms with E-state index in [-0.39, 0.29) is 0 Å². The third-order valence-electron chi connectivity index (χ3n) is 3.97. The Morgan fingerprint density at radius 3 is 2.88 bits per heavy atom. The molecule has 0 spiro atoms. The van der Waals surface area contributed by atoms with Gasteiger partial charge >= 0.3 is 0 Å². The third-order valence-corrected chi connectivity index (χ3v) is 3.97. The monoisotopic (exact) mass is 225 g/mol. The Bertz CT molecular complexity index is 207. The van der Waals surface area contributed by atoms with Gasteiger partial charge in [0.25, 0.3) is 0 Å². The molecule has 1 N–H and O–H groups in total. The van der Waals surface area contributed by atoms with Crippen molar-refractivity contribution in [3.63, 3.8) is 0 Å². The van der Waals surface area contributed by atoms with E-state index in [9.17, 15) is 0 Å². The van der Waals surface area contributed by atoms with E-state index in [4.69, 9.17) is 0 Å². The summed E-state index contributed by atoms with van der Waals surface area (Å²) in [5.41, 5.74) is 0. The van der Waals surface area contributed by atoms with Crippen LogP contribution in [0.25, 0.3) is 0 Å². The van der Waals surface area contributed by atoms with Gasteiger partial charge in [-0.15, -0.1) is 0 Å². The van der Waals surface area contributed by atoms with Crippen LogP contribution in [0.2, 0.25) is 0 Å². The van der Waals surface area contributed by atoms with Crippen LogP contribution in [-0.2, 0) is 0 Å². The maximum absolute atomic E-state index is 3.52. The molecule has 2 saturated heterocycles. The van der Waals surface area contributed by atoms with Crippen LogP contribution in [0.1, 0.15) is 33.1 Å². The molecular weight excluding hydrogens is 198 g/mol. The molecular formula is C13H27N3. The Balaban J connectivity index is 1.81. The standard InChI is InChI=1S/C13H27N3/c1-3-14-12(2)10-15-7-5-9-16-8-4-6-13(16)11-15/h12-14H,3-11H2,1-2H3. The third kappa shape index (κ3) is 3.19. The lowest BCUT2D eigenvalue weighted by Gasteiger charge is -2.27. The molecule has 0 aromatic carbocycles. The molecule has 0 saturated carbocycles. The Morgan fingerprint density at radius 1 is 1.25 bits per heavy atom. The smallest absolute Gasteiger partial charge is 0.0223 e. The van der Waals surface area contributed by atoms with E-state index in [0.717, 1.165) is 12.6 Å². The molecule has 2 heterocycles. The average Bonchev–Trinajstić information content (AvgIpc) is 2.58. The Labute approximate surface area is 100 Å². The second kappa shape index (κ2) is 5.99. The van der Waals surface area contributed by atoms with Crippen LogP contribution in [0.5, 0.6) is 0 Å². The van der Waals surface area contributed by atoms with Gasteiger partial charge in [-0.1, -0.05) is 6.92 Å². The quantitative estimate of drug-likeness (QED) is 0.774. The van der Waals surface area contributed by atoms with E-state index in [1.165, 1.54) is 52.0 Å². The minimum absolute atomic E-state index is 0.637. The minimum atomic E-state index is 0.637. The average molecular weight is 225 g/mol. The highest BCUT2D eigenvalue weighted by molar-refractivity contribution is 4.85. The molecule has 2 rings (SSSR count). The second-order valence-corrected chi connectivity index (χ2v) is 5.40. The Kier molecular flexibility index (Phi) is 4.62. The summed E-state index contributed by atoms with van der Waals surface area (Å²) in [5, 5.41) is 3.52. The van der Waals surface area contributed by atoms with E-state index < -0.39 is 0 Å². The maximum atomic E-state index is 3.52.